The Kier molecular flexibility index (Phi) is 5.61. The van der Waals surface area contributed by atoms with Crippen LogP contribution in [-0.2, 0) is 19.6 Å². The van der Waals surface area contributed by atoms with Crippen molar-refractivity contribution in [3.8, 4) is 5.75 Å². The number of carbonyl (C=O) groups excluding carboxylic acids is 1. The van der Waals surface area contributed by atoms with Gasteiger partial charge in [-0.05, 0) is 37.1 Å². The predicted molar refractivity (Wildman–Crippen MR) is 85.1 cm³/mol. The molecule has 1 aromatic carbocycles. The van der Waals surface area contributed by atoms with Crippen LogP contribution in [0.4, 0.5) is 0 Å². The van der Waals surface area contributed by atoms with Crippen LogP contribution in [0.25, 0.3) is 0 Å². The second-order valence-corrected chi connectivity index (χ2v) is 7.14. The third-order valence-electron chi connectivity index (χ3n) is 3.85. The fourth-order valence-electron chi connectivity index (χ4n) is 2.29. The summed E-state index contributed by atoms with van der Waals surface area (Å²) in [5.41, 5.74) is 1.77. The summed E-state index contributed by atoms with van der Waals surface area (Å²) in [6.07, 6.45) is 0. The normalized spacial score (nSPS) is 15.5. The van der Waals surface area contributed by atoms with Crippen LogP contribution in [0.2, 0.25) is 0 Å². The van der Waals surface area contributed by atoms with Crippen LogP contribution in [0.5, 0.6) is 5.75 Å². The van der Waals surface area contributed by atoms with E-state index in [0.29, 0.717) is 26.3 Å². The smallest absolute Gasteiger partial charge is 0.244 e. The lowest BCUT2D eigenvalue weighted by molar-refractivity contribution is -0.133. The van der Waals surface area contributed by atoms with Crippen molar-refractivity contribution >= 4 is 15.9 Å². The third-order valence-corrected chi connectivity index (χ3v) is 5.27. The van der Waals surface area contributed by atoms with Crippen molar-refractivity contribution in [3.05, 3.63) is 23.3 Å². The summed E-state index contributed by atoms with van der Waals surface area (Å²) in [6.45, 7) is 5.34. The Morgan fingerprint density at radius 2 is 1.87 bits per heavy atom. The summed E-state index contributed by atoms with van der Waals surface area (Å²) in [7, 11) is -2.41. The van der Waals surface area contributed by atoms with E-state index in [2.05, 4.69) is 4.72 Å². The molecule has 0 aliphatic carbocycles. The fraction of sp³-hybridized carbons (Fsp3) is 0.533. The lowest BCUT2D eigenvalue weighted by atomic mass is 10.1. The number of methoxy groups -OCH3 is 1. The SMILES string of the molecule is COc1cc(C)c(C)cc1S(=O)(=O)NCC(=O)N1CCOCC1. The molecule has 0 atom stereocenters. The molecule has 23 heavy (non-hydrogen) atoms. The van der Waals surface area contributed by atoms with E-state index in [1.807, 2.05) is 13.8 Å². The van der Waals surface area contributed by atoms with E-state index < -0.39 is 10.0 Å². The van der Waals surface area contributed by atoms with E-state index in [4.69, 9.17) is 9.47 Å². The molecule has 0 spiro atoms. The lowest BCUT2D eigenvalue weighted by Gasteiger charge is -2.26. The van der Waals surface area contributed by atoms with Crippen molar-refractivity contribution in [1.29, 1.82) is 0 Å². The van der Waals surface area contributed by atoms with Gasteiger partial charge in [0, 0.05) is 13.1 Å². The zero-order chi connectivity index (χ0) is 17.0. The average Bonchev–Trinajstić information content (AvgIpc) is 2.55. The molecule has 1 heterocycles. The minimum atomic E-state index is -3.83. The number of aryl methyl sites for hydroxylation is 2. The molecule has 1 amide bonds. The number of carbonyl (C=O) groups is 1. The van der Waals surface area contributed by atoms with E-state index >= 15 is 0 Å². The summed E-state index contributed by atoms with van der Waals surface area (Å²) >= 11 is 0. The van der Waals surface area contributed by atoms with Crippen LogP contribution in [0, 0.1) is 13.8 Å². The van der Waals surface area contributed by atoms with Crippen molar-refractivity contribution in [1.82, 2.24) is 9.62 Å². The Labute approximate surface area is 136 Å². The number of benzene rings is 1. The lowest BCUT2D eigenvalue weighted by Crippen LogP contribution is -2.45. The molecule has 2 rings (SSSR count). The number of ether oxygens (including phenoxy) is 2. The molecule has 8 heteroatoms. The Morgan fingerprint density at radius 1 is 1.26 bits per heavy atom. The molecule has 0 unspecified atom stereocenters. The van der Waals surface area contributed by atoms with Crippen molar-refractivity contribution in [2.24, 2.45) is 0 Å². The summed E-state index contributed by atoms with van der Waals surface area (Å²) in [5, 5.41) is 0. The minimum absolute atomic E-state index is 0.0397. The molecule has 0 radical (unpaired) electrons. The maximum atomic E-state index is 12.5. The first-order valence-corrected chi connectivity index (χ1v) is 8.84. The summed E-state index contributed by atoms with van der Waals surface area (Å²) in [5.74, 6) is -0.000836. The Morgan fingerprint density at radius 3 is 2.48 bits per heavy atom. The Hall–Kier alpha value is -1.64. The van der Waals surface area contributed by atoms with Gasteiger partial charge in [0.1, 0.15) is 10.6 Å². The van der Waals surface area contributed by atoms with Crippen LogP contribution < -0.4 is 9.46 Å². The molecular formula is C15H22N2O5S. The molecular weight excluding hydrogens is 320 g/mol. The van der Waals surface area contributed by atoms with E-state index in [1.54, 1.807) is 17.0 Å². The summed E-state index contributed by atoms with van der Waals surface area (Å²) < 4.78 is 37.6. The molecule has 0 aromatic heterocycles. The molecule has 1 aliphatic rings. The highest BCUT2D eigenvalue weighted by Crippen LogP contribution is 2.27. The van der Waals surface area contributed by atoms with Gasteiger partial charge in [0.25, 0.3) is 0 Å². The molecule has 0 saturated carbocycles. The van der Waals surface area contributed by atoms with Gasteiger partial charge in [-0.25, -0.2) is 13.1 Å². The molecule has 1 aromatic rings. The minimum Gasteiger partial charge on any atom is -0.495 e. The van der Waals surface area contributed by atoms with Crippen LogP contribution in [0.15, 0.2) is 17.0 Å². The molecule has 1 saturated heterocycles. The van der Waals surface area contributed by atoms with Crippen molar-refractivity contribution in [2.75, 3.05) is 40.0 Å². The monoisotopic (exact) mass is 342 g/mol. The highest BCUT2D eigenvalue weighted by molar-refractivity contribution is 7.89. The highest BCUT2D eigenvalue weighted by Gasteiger charge is 2.23. The number of nitrogens with zero attached hydrogens (tertiary/aromatic N) is 1. The molecule has 1 fully saturated rings. The number of amides is 1. The third kappa shape index (κ3) is 4.21. The van der Waals surface area contributed by atoms with Crippen molar-refractivity contribution in [3.63, 3.8) is 0 Å². The van der Waals surface area contributed by atoms with E-state index in [-0.39, 0.29) is 23.1 Å². The number of hydrogen-bond donors (Lipinski definition) is 1. The first kappa shape index (κ1) is 17.7. The number of sulfonamides is 1. The van der Waals surface area contributed by atoms with E-state index in [9.17, 15) is 13.2 Å². The zero-order valence-corrected chi connectivity index (χ0v) is 14.4. The topological polar surface area (TPSA) is 84.9 Å². The van der Waals surface area contributed by atoms with E-state index in [1.165, 1.54) is 7.11 Å². The van der Waals surface area contributed by atoms with Crippen LogP contribution >= 0.6 is 0 Å². The number of hydrogen-bond acceptors (Lipinski definition) is 5. The van der Waals surface area contributed by atoms with Gasteiger partial charge in [-0.2, -0.15) is 0 Å². The van der Waals surface area contributed by atoms with Crippen LogP contribution in [-0.4, -0.2) is 59.2 Å². The number of nitrogens with one attached hydrogen (secondary N) is 1. The standard InChI is InChI=1S/C15H22N2O5S/c1-11-8-13(21-3)14(9-12(11)2)23(19,20)16-10-15(18)17-4-6-22-7-5-17/h8-9,16H,4-7,10H2,1-3H3. The van der Waals surface area contributed by atoms with Gasteiger partial charge in [0.2, 0.25) is 15.9 Å². The zero-order valence-electron chi connectivity index (χ0n) is 13.6. The van der Waals surface area contributed by atoms with Crippen LogP contribution in [0.1, 0.15) is 11.1 Å². The van der Waals surface area contributed by atoms with Crippen molar-refractivity contribution < 1.29 is 22.7 Å². The van der Waals surface area contributed by atoms with Gasteiger partial charge in [-0.1, -0.05) is 0 Å². The summed E-state index contributed by atoms with van der Waals surface area (Å²) in [4.78, 5) is 13.7. The molecule has 0 bridgehead atoms. The molecule has 128 valence electrons. The summed E-state index contributed by atoms with van der Waals surface area (Å²) in [6, 6.07) is 3.23. The predicted octanol–water partition coefficient (Wildman–Crippen LogP) is 0.449. The maximum absolute atomic E-state index is 12.5. The Bertz CT molecular complexity index is 681. The first-order valence-electron chi connectivity index (χ1n) is 7.35. The largest absolute Gasteiger partial charge is 0.495 e. The van der Waals surface area contributed by atoms with Gasteiger partial charge in [0.15, 0.2) is 0 Å². The maximum Gasteiger partial charge on any atom is 0.244 e. The second-order valence-electron chi connectivity index (χ2n) is 5.41. The van der Waals surface area contributed by atoms with Gasteiger partial charge in [-0.3, -0.25) is 4.79 Å². The van der Waals surface area contributed by atoms with Gasteiger partial charge in [0.05, 0.1) is 26.9 Å². The highest BCUT2D eigenvalue weighted by atomic mass is 32.2. The van der Waals surface area contributed by atoms with Crippen molar-refractivity contribution in [2.45, 2.75) is 18.7 Å². The number of morpholine rings is 1. The second kappa shape index (κ2) is 7.29. The number of rotatable bonds is 5. The van der Waals surface area contributed by atoms with Crippen LogP contribution in [0.3, 0.4) is 0 Å². The van der Waals surface area contributed by atoms with Gasteiger partial charge < -0.3 is 14.4 Å². The van der Waals surface area contributed by atoms with E-state index in [0.717, 1.165) is 11.1 Å². The quantitative estimate of drug-likeness (QED) is 0.840. The average molecular weight is 342 g/mol. The van der Waals surface area contributed by atoms with Gasteiger partial charge in [-0.15, -0.1) is 0 Å². The molecule has 1 N–H and O–H groups in total. The fourth-order valence-corrected chi connectivity index (χ4v) is 3.50. The molecule has 1 aliphatic heterocycles. The van der Waals surface area contributed by atoms with Gasteiger partial charge >= 0.3 is 0 Å². The first-order chi connectivity index (χ1) is 10.8. The Balaban J connectivity index is 2.12. The molecule has 7 nitrogen and oxygen atoms in total.